The molecule has 0 aromatic heterocycles. The standard InChI is InChI=1S/C25H38N4O2/c1-28(20-6-14-31-15-7-20)24-25(8-5-9-25)21-17-23(30-2)19(16-22(21)27-24)18-26-10-13-29-11-3-4-12-29/h16-17,20,26H,3-15,18H2,1-2H3. The Morgan fingerprint density at radius 3 is 2.65 bits per heavy atom. The fraction of sp³-hybridized carbons (Fsp3) is 0.720. The molecule has 0 atom stereocenters. The Morgan fingerprint density at radius 2 is 1.97 bits per heavy atom. The molecule has 1 saturated carbocycles. The summed E-state index contributed by atoms with van der Waals surface area (Å²) in [6.07, 6.45) is 8.56. The first-order valence-corrected chi connectivity index (χ1v) is 12.3. The van der Waals surface area contributed by atoms with Gasteiger partial charge in [0, 0.05) is 51.5 Å². The van der Waals surface area contributed by atoms with E-state index < -0.39 is 0 Å². The zero-order valence-corrected chi connectivity index (χ0v) is 19.3. The summed E-state index contributed by atoms with van der Waals surface area (Å²) in [6.45, 7) is 7.22. The number of nitrogens with one attached hydrogen (secondary N) is 1. The second-order valence-corrected chi connectivity index (χ2v) is 9.73. The number of rotatable bonds is 7. The van der Waals surface area contributed by atoms with Crippen molar-refractivity contribution in [2.45, 2.75) is 62.9 Å². The Morgan fingerprint density at radius 1 is 1.19 bits per heavy atom. The van der Waals surface area contributed by atoms with Crippen LogP contribution in [0.5, 0.6) is 5.75 Å². The van der Waals surface area contributed by atoms with E-state index in [2.05, 4.69) is 34.3 Å². The fourth-order valence-electron chi connectivity index (χ4n) is 5.91. The average Bonchev–Trinajstić information content (AvgIpc) is 3.41. The van der Waals surface area contributed by atoms with Crippen molar-refractivity contribution in [2.75, 3.05) is 53.6 Å². The van der Waals surface area contributed by atoms with Crippen LogP contribution < -0.4 is 10.1 Å². The van der Waals surface area contributed by atoms with Gasteiger partial charge < -0.3 is 24.6 Å². The van der Waals surface area contributed by atoms with Gasteiger partial charge in [-0.3, -0.25) is 0 Å². The number of ether oxygens (including phenoxy) is 2. The van der Waals surface area contributed by atoms with Gasteiger partial charge >= 0.3 is 0 Å². The first-order valence-electron chi connectivity index (χ1n) is 12.3. The van der Waals surface area contributed by atoms with Crippen molar-refractivity contribution in [3.8, 4) is 5.75 Å². The molecule has 31 heavy (non-hydrogen) atoms. The summed E-state index contributed by atoms with van der Waals surface area (Å²) in [5.41, 5.74) is 3.85. The highest BCUT2D eigenvalue weighted by Gasteiger charge is 2.50. The lowest BCUT2D eigenvalue weighted by Gasteiger charge is -2.45. The molecule has 1 N–H and O–H groups in total. The van der Waals surface area contributed by atoms with Crippen LogP contribution in [-0.4, -0.2) is 75.2 Å². The number of nitrogens with zero attached hydrogens (tertiary/aromatic N) is 3. The molecule has 3 heterocycles. The van der Waals surface area contributed by atoms with E-state index in [1.165, 1.54) is 62.2 Å². The third kappa shape index (κ3) is 3.98. The molecule has 0 unspecified atom stereocenters. The maximum Gasteiger partial charge on any atom is 0.123 e. The monoisotopic (exact) mass is 426 g/mol. The molecule has 2 saturated heterocycles. The van der Waals surface area contributed by atoms with Gasteiger partial charge in [0.05, 0.1) is 18.2 Å². The van der Waals surface area contributed by atoms with Crippen LogP contribution >= 0.6 is 0 Å². The van der Waals surface area contributed by atoms with E-state index in [1.54, 1.807) is 7.11 Å². The molecule has 3 aliphatic heterocycles. The topological polar surface area (TPSA) is 49.3 Å². The van der Waals surface area contributed by atoms with Crippen LogP contribution in [0.15, 0.2) is 17.1 Å². The van der Waals surface area contributed by atoms with Gasteiger partial charge in [0.1, 0.15) is 11.6 Å². The maximum absolute atomic E-state index is 5.84. The van der Waals surface area contributed by atoms with Crippen LogP contribution in [-0.2, 0) is 16.7 Å². The van der Waals surface area contributed by atoms with Crippen LogP contribution in [0.25, 0.3) is 0 Å². The summed E-state index contributed by atoms with van der Waals surface area (Å²) < 4.78 is 11.4. The predicted octanol–water partition coefficient (Wildman–Crippen LogP) is 3.46. The van der Waals surface area contributed by atoms with Crippen LogP contribution in [0.1, 0.15) is 56.1 Å². The highest BCUT2D eigenvalue weighted by atomic mass is 16.5. The summed E-state index contributed by atoms with van der Waals surface area (Å²) in [4.78, 5) is 10.3. The Bertz CT molecular complexity index is 808. The SMILES string of the molecule is COc1cc2c(cc1CNCCN1CCCC1)N=C(N(C)C1CCOCC1)C21CCC1. The number of likely N-dealkylation sites (tertiary alicyclic amines) is 1. The van der Waals surface area contributed by atoms with Crippen molar-refractivity contribution in [3.05, 3.63) is 23.3 Å². The maximum atomic E-state index is 5.84. The average molecular weight is 427 g/mol. The second kappa shape index (κ2) is 9.08. The molecule has 0 amide bonds. The second-order valence-electron chi connectivity index (χ2n) is 9.73. The number of aliphatic imine (C=N–C) groups is 1. The number of fused-ring (bicyclic) bond motifs is 2. The van der Waals surface area contributed by atoms with Gasteiger partial charge in [-0.2, -0.15) is 0 Å². The molecule has 4 aliphatic rings. The van der Waals surface area contributed by atoms with E-state index in [9.17, 15) is 0 Å². The van der Waals surface area contributed by atoms with Gasteiger partial charge in [0.2, 0.25) is 0 Å². The Labute approximate surface area is 187 Å². The van der Waals surface area contributed by atoms with Gasteiger partial charge in [-0.05, 0) is 69.3 Å². The molecule has 0 bridgehead atoms. The lowest BCUT2D eigenvalue weighted by molar-refractivity contribution is 0.0582. The molecule has 6 nitrogen and oxygen atoms in total. The normalized spacial score (nSPS) is 23.0. The first kappa shape index (κ1) is 21.2. The van der Waals surface area contributed by atoms with Crippen LogP contribution in [0.4, 0.5) is 5.69 Å². The minimum Gasteiger partial charge on any atom is -0.496 e. The van der Waals surface area contributed by atoms with E-state index in [1.807, 2.05) is 0 Å². The molecule has 170 valence electrons. The van der Waals surface area contributed by atoms with Gasteiger partial charge in [-0.25, -0.2) is 4.99 Å². The van der Waals surface area contributed by atoms with E-state index >= 15 is 0 Å². The summed E-state index contributed by atoms with van der Waals surface area (Å²) in [5, 5.41) is 3.63. The number of amidine groups is 1. The van der Waals surface area contributed by atoms with Crippen molar-refractivity contribution in [1.29, 1.82) is 0 Å². The summed E-state index contributed by atoms with van der Waals surface area (Å²) in [6, 6.07) is 5.11. The number of likely N-dealkylation sites (N-methyl/N-ethyl adjacent to an activating group) is 1. The van der Waals surface area contributed by atoms with Crippen LogP contribution in [0.2, 0.25) is 0 Å². The molecular formula is C25H38N4O2. The van der Waals surface area contributed by atoms with Gasteiger partial charge in [0.25, 0.3) is 0 Å². The molecule has 3 fully saturated rings. The van der Waals surface area contributed by atoms with Gasteiger partial charge in [0.15, 0.2) is 0 Å². The number of hydrogen-bond donors (Lipinski definition) is 1. The zero-order chi connectivity index (χ0) is 21.3. The molecule has 1 spiro atoms. The fourth-order valence-corrected chi connectivity index (χ4v) is 5.91. The third-order valence-corrected chi connectivity index (χ3v) is 7.97. The first-order chi connectivity index (χ1) is 15.2. The smallest absolute Gasteiger partial charge is 0.123 e. The van der Waals surface area contributed by atoms with Gasteiger partial charge in [-0.1, -0.05) is 6.42 Å². The van der Waals surface area contributed by atoms with Crippen molar-refractivity contribution in [2.24, 2.45) is 4.99 Å². The van der Waals surface area contributed by atoms with Crippen molar-refractivity contribution in [1.82, 2.24) is 15.1 Å². The molecular weight excluding hydrogens is 388 g/mol. The Hall–Kier alpha value is -1.63. The Kier molecular flexibility index (Phi) is 6.22. The summed E-state index contributed by atoms with van der Waals surface area (Å²) in [7, 11) is 4.05. The number of methoxy groups -OCH3 is 1. The van der Waals surface area contributed by atoms with E-state index in [0.717, 1.165) is 57.1 Å². The van der Waals surface area contributed by atoms with Gasteiger partial charge in [-0.15, -0.1) is 0 Å². The van der Waals surface area contributed by atoms with E-state index in [0.29, 0.717) is 6.04 Å². The highest BCUT2D eigenvalue weighted by molar-refractivity contribution is 6.01. The zero-order valence-electron chi connectivity index (χ0n) is 19.3. The predicted molar refractivity (Wildman–Crippen MR) is 125 cm³/mol. The molecule has 1 aromatic carbocycles. The molecule has 1 aromatic rings. The van der Waals surface area contributed by atoms with Crippen molar-refractivity contribution < 1.29 is 9.47 Å². The van der Waals surface area contributed by atoms with Crippen molar-refractivity contribution >= 4 is 11.5 Å². The Balaban J connectivity index is 1.33. The molecule has 6 heteroatoms. The third-order valence-electron chi connectivity index (χ3n) is 7.97. The van der Waals surface area contributed by atoms with E-state index in [4.69, 9.17) is 14.5 Å². The van der Waals surface area contributed by atoms with Crippen molar-refractivity contribution in [3.63, 3.8) is 0 Å². The lowest BCUT2D eigenvalue weighted by Crippen LogP contribution is -2.52. The molecule has 5 rings (SSSR count). The molecule has 1 aliphatic carbocycles. The summed E-state index contributed by atoms with van der Waals surface area (Å²) >= 11 is 0. The number of benzene rings is 1. The largest absolute Gasteiger partial charge is 0.496 e. The molecule has 0 radical (unpaired) electrons. The lowest BCUT2D eigenvalue weighted by atomic mass is 9.63. The highest BCUT2D eigenvalue weighted by Crippen LogP contribution is 2.54. The quantitative estimate of drug-likeness (QED) is 0.677. The summed E-state index contributed by atoms with van der Waals surface area (Å²) in [5.74, 6) is 2.28. The minimum atomic E-state index is 0.0946. The van der Waals surface area contributed by atoms with Crippen LogP contribution in [0, 0.1) is 0 Å². The van der Waals surface area contributed by atoms with Crippen LogP contribution in [0.3, 0.4) is 0 Å². The minimum absolute atomic E-state index is 0.0946. The number of hydrogen-bond acceptors (Lipinski definition) is 6. The van der Waals surface area contributed by atoms with E-state index in [-0.39, 0.29) is 5.41 Å².